The second-order valence-electron chi connectivity index (χ2n) is 25.2. The Kier molecular flexibility index (Phi) is 54.7. The first-order chi connectivity index (χ1) is 42.7. The Morgan fingerprint density at radius 3 is 1.16 bits per heavy atom. The summed E-state index contributed by atoms with van der Waals surface area (Å²) in [6.45, 7) is 12.7. The van der Waals surface area contributed by atoms with Crippen molar-refractivity contribution >= 4 is 31.6 Å². The van der Waals surface area contributed by atoms with E-state index in [0.717, 1.165) is 154 Å². The summed E-state index contributed by atoms with van der Waals surface area (Å²) in [5.74, 6) is -3.38. The van der Waals surface area contributed by atoms with E-state index in [1.54, 1.807) is 0 Å². The normalized spacial score (nSPS) is 18.4. The van der Waals surface area contributed by atoms with Crippen molar-refractivity contribution in [2.45, 2.75) is 385 Å². The van der Waals surface area contributed by atoms with Crippen molar-refractivity contribution in [3.63, 3.8) is 0 Å². The minimum atomic E-state index is -5.42. The fraction of sp³-hybridized carbons (Fsp3) is 0.942. The summed E-state index contributed by atoms with van der Waals surface area (Å²) < 4.78 is 55.8. The second kappa shape index (κ2) is 57.4. The third-order valence-electron chi connectivity index (χ3n) is 16.9. The number of carbonyl (C=O) groups is 4. The van der Waals surface area contributed by atoms with Crippen LogP contribution in [0.15, 0.2) is 0 Å². The van der Waals surface area contributed by atoms with Crippen LogP contribution in [0.1, 0.15) is 330 Å². The van der Waals surface area contributed by atoms with Gasteiger partial charge in [-0.15, -0.1) is 0 Å². The number of carbonyl (C=O) groups excluding carboxylic acids is 3. The molecule has 1 heterocycles. The highest BCUT2D eigenvalue weighted by Crippen LogP contribution is 2.42. The number of esters is 1. The van der Waals surface area contributed by atoms with Crippen LogP contribution in [0.3, 0.4) is 0 Å². The number of rotatable bonds is 64. The molecule has 0 aliphatic carbocycles. The number of unbranched alkanes of at least 4 members (excludes halogenated alkanes) is 33. The van der Waals surface area contributed by atoms with Crippen molar-refractivity contribution in [3.05, 3.63) is 0 Å². The lowest BCUT2D eigenvalue weighted by molar-refractivity contribution is -0.272. The van der Waals surface area contributed by atoms with Crippen molar-refractivity contribution in [1.29, 1.82) is 0 Å². The molecule has 9 atom stereocenters. The molecular formula is C69H133N2O16P. The number of hydrogen-bond donors (Lipinski definition) is 6. The number of nitrogens with one attached hydrogen (secondary N) is 2. The lowest BCUT2D eigenvalue weighted by Crippen LogP contribution is -2.66. The van der Waals surface area contributed by atoms with Crippen LogP contribution >= 0.6 is 7.82 Å². The van der Waals surface area contributed by atoms with E-state index >= 15 is 0 Å². The van der Waals surface area contributed by atoms with Gasteiger partial charge in [-0.3, -0.25) is 18.9 Å². The van der Waals surface area contributed by atoms with Crippen molar-refractivity contribution < 1.29 is 76.7 Å². The molecule has 0 spiro atoms. The van der Waals surface area contributed by atoms with Crippen molar-refractivity contribution in [3.8, 4) is 0 Å². The van der Waals surface area contributed by atoms with Gasteiger partial charge in [-0.05, 0) is 38.5 Å². The van der Waals surface area contributed by atoms with Gasteiger partial charge in [0, 0.05) is 19.8 Å². The molecule has 0 saturated carbocycles. The number of carboxylic acids is 1. The van der Waals surface area contributed by atoms with Crippen LogP contribution in [0.5, 0.6) is 0 Å². The summed E-state index contributed by atoms with van der Waals surface area (Å²) in [4.78, 5) is 76.6. The first-order valence-electron chi connectivity index (χ1n) is 36.1. The van der Waals surface area contributed by atoms with Crippen molar-refractivity contribution in [2.75, 3.05) is 33.0 Å². The Morgan fingerprint density at radius 2 is 0.807 bits per heavy atom. The van der Waals surface area contributed by atoms with Gasteiger partial charge >= 0.3 is 19.8 Å². The van der Waals surface area contributed by atoms with Crippen LogP contribution in [-0.4, -0.2) is 132 Å². The molecule has 520 valence electrons. The fourth-order valence-corrected chi connectivity index (χ4v) is 12.1. The maximum absolute atomic E-state index is 14.6. The van der Waals surface area contributed by atoms with Crippen LogP contribution in [-0.2, 0) is 56.7 Å². The van der Waals surface area contributed by atoms with Gasteiger partial charge in [0.1, 0.15) is 18.2 Å². The predicted octanol–water partition coefficient (Wildman–Crippen LogP) is 16.0. The summed E-state index contributed by atoms with van der Waals surface area (Å²) >= 11 is 0. The molecule has 1 unspecified atom stereocenters. The number of phosphoric ester groups is 1. The van der Waals surface area contributed by atoms with Gasteiger partial charge in [-0.1, -0.05) is 273 Å². The van der Waals surface area contributed by atoms with E-state index < -0.39 is 99.8 Å². The molecule has 0 aromatic carbocycles. The van der Waals surface area contributed by atoms with E-state index in [1.807, 2.05) is 0 Å². The number of amides is 2. The molecule has 0 bridgehead atoms. The molecule has 88 heavy (non-hydrogen) atoms. The molecule has 0 aromatic heterocycles. The summed E-state index contributed by atoms with van der Waals surface area (Å²) in [6, 6.07) is -3.22. The maximum atomic E-state index is 14.6. The Hall–Kier alpha value is -2.25. The molecule has 0 aromatic rings. The lowest BCUT2D eigenvalue weighted by atomic mass is 9.95. The monoisotopic (exact) mass is 1280 g/mol. The summed E-state index contributed by atoms with van der Waals surface area (Å²) in [5.41, 5.74) is 0. The van der Waals surface area contributed by atoms with Crippen LogP contribution in [0, 0.1) is 0 Å². The molecule has 6 N–H and O–H groups in total. The smallest absolute Gasteiger partial charge is 0.470 e. The number of aliphatic hydroxyl groups is 1. The van der Waals surface area contributed by atoms with Crippen molar-refractivity contribution in [1.82, 2.24) is 10.6 Å². The predicted molar refractivity (Wildman–Crippen MR) is 351 cm³/mol. The zero-order valence-electron chi connectivity index (χ0n) is 56.7. The van der Waals surface area contributed by atoms with Gasteiger partial charge < -0.3 is 59.1 Å². The number of phosphoric acid groups is 1. The zero-order valence-corrected chi connectivity index (χ0v) is 57.6. The summed E-state index contributed by atoms with van der Waals surface area (Å²) in [5, 5.41) is 26.9. The SMILES string of the molecule is CCCCCCCCCCCC(CC(=O)N[C@H](CO[C@@H]1O[C@H](CO)[C@@H](OP(=O)(O)O)[C@H](OC(=O)C[C@@H](CCCCCCCCCCC)OCCCCCC)[C@H]1NC(=O)C[C@H](CCCCCCCCCCC)OCCCCCC)C(=O)O)OCCCCCC. The molecule has 1 saturated heterocycles. The highest BCUT2D eigenvalue weighted by atomic mass is 31.2. The Labute approximate surface area is 535 Å². The summed E-state index contributed by atoms with van der Waals surface area (Å²) in [6.07, 6.45) is 35.0. The van der Waals surface area contributed by atoms with Gasteiger partial charge in [-0.2, -0.15) is 0 Å². The third-order valence-corrected chi connectivity index (χ3v) is 17.4. The average Bonchev–Trinajstić information content (AvgIpc) is 1.64. The minimum absolute atomic E-state index is 0.0807. The van der Waals surface area contributed by atoms with Crippen LogP contribution < -0.4 is 10.6 Å². The largest absolute Gasteiger partial charge is 0.480 e. The average molecular weight is 1280 g/mol. The topological polar surface area (TPSA) is 255 Å². The Morgan fingerprint density at radius 1 is 0.466 bits per heavy atom. The van der Waals surface area contributed by atoms with E-state index in [4.69, 9.17) is 32.9 Å². The molecule has 18 nitrogen and oxygen atoms in total. The Bertz CT molecular complexity index is 1710. The third kappa shape index (κ3) is 45.9. The van der Waals surface area contributed by atoms with E-state index in [2.05, 4.69) is 52.2 Å². The first kappa shape index (κ1) is 83.8. The number of hydrogen-bond acceptors (Lipinski definition) is 13. The molecule has 1 fully saturated rings. The highest BCUT2D eigenvalue weighted by molar-refractivity contribution is 7.46. The van der Waals surface area contributed by atoms with Crippen LogP contribution in [0.2, 0.25) is 0 Å². The number of ether oxygens (including phenoxy) is 6. The van der Waals surface area contributed by atoms with Gasteiger partial charge in [0.25, 0.3) is 0 Å². The molecule has 1 rings (SSSR count). The van der Waals surface area contributed by atoms with E-state index in [-0.39, 0.29) is 19.3 Å². The zero-order chi connectivity index (χ0) is 64.7. The fourth-order valence-electron chi connectivity index (χ4n) is 11.6. The summed E-state index contributed by atoms with van der Waals surface area (Å²) in [7, 11) is -5.42. The van der Waals surface area contributed by atoms with Crippen molar-refractivity contribution in [2.24, 2.45) is 0 Å². The molecule has 2 amide bonds. The van der Waals surface area contributed by atoms with Crippen LogP contribution in [0.4, 0.5) is 0 Å². The van der Waals surface area contributed by atoms with E-state index in [9.17, 15) is 43.7 Å². The quantitative estimate of drug-likeness (QED) is 0.0188. The molecule has 1 aliphatic heterocycles. The maximum Gasteiger partial charge on any atom is 0.470 e. The number of aliphatic carboxylic acids is 1. The van der Waals surface area contributed by atoms with Gasteiger partial charge in [0.15, 0.2) is 18.4 Å². The van der Waals surface area contributed by atoms with E-state index in [0.29, 0.717) is 39.1 Å². The first-order valence-corrected chi connectivity index (χ1v) is 37.7. The molecule has 1 aliphatic rings. The minimum Gasteiger partial charge on any atom is -0.480 e. The Balaban J connectivity index is 3.66. The van der Waals surface area contributed by atoms with Gasteiger partial charge in [0.2, 0.25) is 11.8 Å². The molecular weight excluding hydrogens is 1140 g/mol. The second-order valence-corrected chi connectivity index (χ2v) is 26.4. The van der Waals surface area contributed by atoms with Gasteiger partial charge in [-0.25, -0.2) is 9.36 Å². The molecule has 0 radical (unpaired) electrons. The van der Waals surface area contributed by atoms with E-state index in [1.165, 1.54) is 96.3 Å². The highest BCUT2D eigenvalue weighted by Gasteiger charge is 2.52. The number of carboxylic acid groups (broad SMARTS) is 1. The molecule has 19 heteroatoms. The standard InChI is InChI=1S/C69H133N2O16P/c1-7-13-19-25-28-31-34-37-40-46-57(81-49-43-22-16-10-4)52-62(73)70-60(68(76)77)56-84-69-65(71-63(74)53-58(82-50-44-23-17-11-5)47-41-38-35-32-29-26-20-14-8-2)67(66(61(55-72)85-69)87-88(78,79)80)86-64(75)54-59(83-51-45-24-18-12-6)48-42-39-36-33-30-27-21-15-9-3/h57-61,65-67,69,72H,7-56H2,1-6H3,(H,70,73)(H,71,74)(H,76,77)(H2,78,79,80)/t57?,58-,59+,60+,61+,65+,66+,67+,69+/m0/s1. The number of aliphatic hydroxyl groups excluding tert-OH is 1. The lowest BCUT2D eigenvalue weighted by Gasteiger charge is -2.45. The van der Waals surface area contributed by atoms with Crippen LogP contribution in [0.25, 0.3) is 0 Å². The van der Waals surface area contributed by atoms with Gasteiger partial charge in [0.05, 0.1) is 50.8 Å².